The molecule has 2 rings (SSSR count). The lowest BCUT2D eigenvalue weighted by molar-refractivity contribution is 0.248. The molecule has 0 unspecified atom stereocenters. The van der Waals surface area contributed by atoms with Gasteiger partial charge in [0.25, 0.3) is 0 Å². The lowest BCUT2D eigenvalue weighted by Gasteiger charge is -2.20. The molecule has 0 aliphatic rings. The number of benzene rings is 2. The zero-order valence-corrected chi connectivity index (χ0v) is 13.9. The highest BCUT2D eigenvalue weighted by atomic mass is 35.5. The number of rotatable bonds is 4. The van der Waals surface area contributed by atoms with Gasteiger partial charge in [-0.2, -0.15) is 0 Å². The van der Waals surface area contributed by atoms with Crippen molar-refractivity contribution < 1.29 is 4.79 Å². The maximum absolute atomic E-state index is 12.2. The van der Waals surface area contributed by atoms with Crippen molar-refractivity contribution in [2.75, 3.05) is 5.32 Å². The highest BCUT2D eigenvalue weighted by Gasteiger charge is 2.14. The average molecular weight is 317 g/mol. The van der Waals surface area contributed by atoms with Crippen molar-refractivity contribution in [3.05, 3.63) is 64.2 Å². The largest absolute Gasteiger partial charge is 0.331 e. The molecular weight excluding hydrogens is 296 g/mol. The quantitative estimate of drug-likeness (QED) is 0.796. The molecule has 116 valence electrons. The fourth-order valence-corrected chi connectivity index (χ4v) is 2.70. The van der Waals surface area contributed by atoms with Crippen molar-refractivity contribution in [1.82, 2.24) is 5.32 Å². The molecule has 2 aromatic carbocycles. The Balaban J connectivity index is 2.08. The second-order valence-electron chi connectivity index (χ2n) is 5.43. The van der Waals surface area contributed by atoms with E-state index >= 15 is 0 Å². The maximum atomic E-state index is 12.2. The Bertz CT molecular complexity index is 670. The van der Waals surface area contributed by atoms with Crippen LogP contribution in [0.25, 0.3) is 0 Å². The number of anilines is 1. The summed E-state index contributed by atoms with van der Waals surface area (Å²) in [4.78, 5) is 12.2. The van der Waals surface area contributed by atoms with Crippen molar-refractivity contribution in [3.63, 3.8) is 0 Å². The molecule has 0 aromatic heterocycles. The van der Waals surface area contributed by atoms with Crippen LogP contribution >= 0.6 is 11.6 Å². The topological polar surface area (TPSA) is 41.1 Å². The molecule has 2 aromatic rings. The highest BCUT2D eigenvalue weighted by molar-refractivity contribution is 6.30. The van der Waals surface area contributed by atoms with Gasteiger partial charge in [-0.05, 0) is 49.6 Å². The zero-order chi connectivity index (χ0) is 16.1. The first-order valence-corrected chi connectivity index (χ1v) is 7.77. The third kappa shape index (κ3) is 4.25. The minimum atomic E-state index is -0.228. The Morgan fingerprint density at radius 2 is 1.95 bits per heavy atom. The fourth-order valence-electron chi connectivity index (χ4n) is 2.51. The summed E-state index contributed by atoms with van der Waals surface area (Å²) in [6.07, 6.45) is 0.826. The lowest BCUT2D eigenvalue weighted by atomic mass is 9.98. The smallest absolute Gasteiger partial charge is 0.319 e. The first-order chi connectivity index (χ1) is 10.5. The van der Waals surface area contributed by atoms with Crippen molar-refractivity contribution in [3.8, 4) is 0 Å². The first-order valence-electron chi connectivity index (χ1n) is 7.40. The van der Waals surface area contributed by atoms with E-state index in [1.807, 2.05) is 6.07 Å². The maximum Gasteiger partial charge on any atom is 0.319 e. The Morgan fingerprint density at radius 3 is 2.59 bits per heavy atom. The second-order valence-corrected chi connectivity index (χ2v) is 5.87. The van der Waals surface area contributed by atoms with Crippen LogP contribution in [0, 0.1) is 13.8 Å². The number of hydrogen-bond acceptors (Lipinski definition) is 1. The molecule has 0 spiro atoms. The molecule has 2 amide bonds. The summed E-state index contributed by atoms with van der Waals surface area (Å²) in [6.45, 7) is 6.20. The standard InChI is InChI=1S/C18H21ClN2O/c1-4-17(16-9-8-12(2)10-13(16)3)21-18(22)20-15-7-5-6-14(19)11-15/h5-11,17H,4H2,1-3H3,(H2,20,21,22)/t17-/m0/s1. The van der Waals surface area contributed by atoms with E-state index in [0.29, 0.717) is 10.7 Å². The number of halogens is 1. The summed E-state index contributed by atoms with van der Waals surface area (Å²) in [5.74, 6) is 0. The molecule has 0 saturated heterocycles. The van der Waals surface area contributed by atoms with Gasteiger partial charge in [0.05, 0.1) is 6.04 Å². The molecule has 22 heavy (non-hydrogen) atoms. The van der Waals surface area contributed by atoms with Gasteiger partial charge in [0, 0.05) is 10.7 Å². The number of carbonyl (C=O) groups is 1. The molecule has 0 aliphatic heterocycles. The van der Waals surface area contributed by atoms with Crippen LogP contribution in [0.1, 0.15) is 36.1 Å². The predicted molar refractivity (Wildman–Crippen MR) is 92.6 cm³/mol. The molecule has 0 heterocycles. The summed E-state index contributed by atoms with van der Waals surface area (Å²) in [5.41, 5.74) is 4.24. The molecule has 0 bridgehead atoms. The van der Waals surface area contributed by atoms with Crippen LogP contribution in [0.2, 0.25) is 5.02 Å². The van der Waals surface area contributed by atoms with E-state index in [4.69, 9.17) is 11.6 Å². The number of nitrogens with one attached hydrogen (secondary N) is 2. The van der Waals surface area contributed by atoms with Gasteiger partial charge in [0.2, 0.25) is 0 Å². The van der Waals surface area contributed by atoms with Crippen LogP contribution in [0.5, 0.6) is 0 Å². The van der Waals surface area contributed by atoms with E-state index in [-0.39, 0.29) is 12.1 Å². The Labute approximate surface area is 136 Å². The molecule has 0 radical (unpaired) electrons. The van der Waals surface area contributed by atoms with Crippen molar-refractivity contribution in [1.29, 1.82) is 0 Å². The summed E-state index contributed by atoms with van der Waals surface area (Å²) >= 11 is 5.92. The SMILES string of the molecule is CC[C@H](NC(=O)Nc1cccc(Cl)c1)c1ccc(C)cc1C. The van der Waals surface area contributed by atoms with Gasteiger partial charge in [0.15, 0.2) is 0 Å². The van der Waals surface area contributed by atoms with Crippen LogP contribution in [0.3, 0.4) is 0 Å². The van der Waals surface area contributed by atoms with E-state index in [2.05, 4.69) is 49.6 Å². The van der Waals surface area contributed by atoms with Crippen LogP contribution in [0.4, 0.5) is 10.5 Å². The molecule has 4 heteroatoms. The molecule has 0 saturated carbocycles. The van der Waals surface area contributed by atoms with Gasteiger partial charge in [-0.25, -0.2) is 4.79 Å². The average Bonchev–Trinajstić information content (AvgIpc) is 2.45. The molecule has 0 aliphatic carbocycles. The van der Waals surface area contributed by atoms with Gasteiger partial charge in [-0.1, -0.05) is 48.4 Å². The van der Waals surface area contributed by atoms with Gasteiger partial charge in [-0.15, -0.1) is 0 Å². The normalized spacial score (nSPS) is 11.8. The minimum absolute atomic E-state index is 0.0141. The van der Waals surface area contributed by atoms with E-state index in [1.54, 1.807) is 18.2 Å². The van der Waals surface area contributed by atoms with E-state index < -0.39 is 0 Å². The molecule has 0 fully saturated rings. The van der Waals surface area contributed by atoms with E-state index in [9.17, 15) is 4.79 Å². The van der Waals surface area contributed by atoms with Gasteiger partial charge < -0.3 is 10.6 Å². The van der Waals surface area contributed by atoms with Gasteiger partial charge in [-0.3, -0.25) is 0 Å². The number of amides is 2. The Kier molecular flexibility index (Phi) is 5.45. The molecule has 1 atom stereocenters. The summed E-state index contributed by atoms with van der Waals surface area (Å²) in [6, 6.07) is 13.2. The lowest BCUT2D eigenvalue weighted by Crippen LogP contribution is -2.32. The number of aryl methyl sites for hydroxylation is 2. The highest BCUT2D eigenvalue weighted by Crippen LogP contribution is 2.22. The predicted octanol–water partition coefficient (Wildman–Crippen LogP) is 5.23. The van der Waals surface area contributed by atoms with Crippen molar-refractivity contribution in [2.24, 2.45) is 0 Å². The van der Waals surface area contributed by atoms with Gasteiger partial charge >= 0.3 is 6.03 Å². The van der Waals surface area contributed by atoms with Crippen molar-refractivity contribution >= 4 is 23.3 Å². The Hall–Kier alpha value is -2.00. The Morgan fingerprint density at radius 1 is 1.18 bits per heavy atom. The second kappa shape index (κ2) is 7.32. The fraction of sp³-hybridized carbons (Fsp3) is 0.278. The van der Waals surface area contributed by atoms with Crippen LogP contribution in [0.15, 0.2) is 42.5 Å². The van der Waals surface area contributed by atoms with Crippen LogP contribution in [-0.4, -0.2) is 6.03 Å². The van der Waals surface area contributed by atoms with E-state index in [0.717, 1.165) is 12.0 Å². The first kappa shape index (κ1) is 16.4. The van der Waals surface area contributed by atoms with Crippen LogP contribution in [-0.2, 0) is 0 Å². The van der Waals surface area contributed by atoms with Crippen LogP contribution < -0.4 is 10.6 Å². The third-order valence-corrected chi connectivity index (χ3v) is 3.83. The third-order valence-electron chi connectivity index (χ3n) is 3.60. The number of carbonyl (C=O) groups excluding carboxylic acids is 1. The number of hydrogen-bond donors (Lipinski definition) is 2. The summed E-state index contributed by atoms with van der Waals surface area (Å²) in [7, 11) is 0. The monoisotopic (exact) mass is 316 g/mol. The summed E-state index contributed by atoms with van der Waals surface area (Å²) < 4.78 is 0. The molecule has 2 N–H and O–H groups in total. The zero-order valence-electron chi connectivity index (χ0n) is 13.1. The van der Waals surface area contributed by atoms with Gasteiger partial charge in [0.1, 0.15) is 0 Å². The summed E-state index contributed by atoms with van der Waals surface area (Å²) in [5, 5.41) is 6.43. The van der Waals surface area contributed by atoms with E-state index in [1.165, 1.54) is 11.1 Å². The molecule has 3 nitrogen and oxygen atoms in total. The minimum Gasteiger partial charge on any atom is -0.331 e. The molecular formula is C18H21ClN2O. The van der Waals surface area contributed by atoms with Crippen molar-refractivity contribution in [2.45, 2.75) is 33.2 Å². The number of urea groups is 1.